The van der Waals surface area contributed by atoms with Gasteiger partial charge in [0.25, 0.3) is 0 Å². The molecular formula is C22H36IN3O3. The lowest BCUT2D eigenvalue weighted by molar-refractivity contribution is -0.149. The van der Waals surface area contributed by atoms with Gasteiger partial charge in [-0.15, -0.1) is 24.0 Å². The molecule has 0 heterocycles. The highest BCUT2D eigenvalue weighted by Crippen LogP contribution is 2.25. The van der Waals surface area contributed by atoms with E-state index in [0.29, 0.717) is 12.6 Å². The number of nitrogens with zero attached hydrogens (tertiary/aromatic N) is 1. The van der Waals surface area contributed by atoms with Crippen LogP contribution in [0.1, 0.15) is 51.5 Å². The molecule has 0 aromatic heterocycles. The summed E-state index contributed by atoms with van der Waals surface area (Å²) in [5, 5.41) is 6.87. The summed E-state index contributed by atoms with van der Waals surface area (Å²) in [6, 6.07) is 8.61. The van der Waals surface area contributed by atoms with Crippen LogP contribution in [-0.2, 0) is 16.0 Å². The van der Waals surface area contributed by atoms with E-state index in [-0.39, 0.29) is 35.9 Å². The number of guanidine groups is 1. The van der Waals surface area contributed by atoms with Crippen LogP contribution in [0.4, 0.5) is 0 Å². The van der Waals surface area contributed by atoms with Gasteiger partial charge in [-0.25, -0.2) is 0 Å². The molecule has 29 heavy (non-hydrogen) atoms. The molecule has 0 saturated heterocycles. The molecule has 0 atom stereocenters. The summed E-state index contributed by atoms with van der Waals surface area (Å²) in [4.78, 5) is 16.2. The second-order valence-corrected chi connectivity index (χ2v) is 7.19. The number of rotatable bonds is 9. The highest BCUT2D eigenvalue weighted by atomic mass is 127. The van der Waals surface area contributed by atoms with E-state index in [1.54, 1.807) is 7.05 Å². The van der Waals surface area contributed by atoms with Crippen molar-refractivity contribution in [3.05, 3.63) is 29.8 Å². The van der Waals surface area contributed by atoms with Gasteiger partial charge in [-0.3, -0.25) is 9.79 Å². The van der Waals surface area contributed by atoms with E-state index in [9.17, 15) is 4.79 Å². The number of carbonyl (C=O) groups is 1. The number of hydrogen-bond acceptors (Lipinski definition) is 4. The predicted molar refractivity (Wildman–Crippen MR) is 128 cm³/mol. The smallest absolute Gasteiger partial charge is 0.308 e. The molecule has 1 aromatic rings. The summed E-state index contributed by atoms with van der Waals surface area (Å²) < 4.78 is 10.8. The number of halogens is 1. The van der Waals surface area contributed by atoms with Crippen LogP contribution in [0.25, 0.3) is 0 Å². The quantitative estimate of drug-likeness (QED) is 0.225. The fourth-order valence-corrected chi connectivity index (χ4v) is 3.46. The number of benzene rings is 1. The molecule has 1 saturated carbocycles. The van der Waals surface area contributed by atoms with Gasteiger partial charge in [-0.2, -0.15) is 0 Å². The van der Waals surface area contributed by atoms with Gasteiger partial charge in [0.05, 0.1) is 19.1 Å². The number of ether oxygens (including phenoxy) is 2. The van der Waals surface area contributed by atoms with Crippen molar-refractivity contribution in [2.24, 2.45) is 10.9 Å². The Balaban J connectivity index is 0.00000420. The highest BCUT2D eigenvalue weighted by molar-refractivity contribution is 14.0. The maximum Gasteiger partial charge on any atom is 0.308 e. The molecule has 164 valence electrons. The van der Waals surface area contributed by atoms with Gasteiger partial charge < -0.3 is 20.1 Å². The fraction of sp³-hybridized carbons (Fsp3) is 0.636. The second-order valence-electron chi connectivity index (χ2n) is 7.19. The van der Waals surface area contributed by atoms with Gasteiger partial charge in [0.2, 0.25) is 0 Å². The molecule has 0 aliphatic heterocycles. The molecule has 6 nitrogen and oxygen atoms in total. The van der Waals surface area contributed by atoms with E-state index in [1.165, 1.54) is 5.56 Å². The third-order valence-electron chi connectivity index (χ3n) is 4.99. The fourth-order valence-electron chi connectivity index (χ4n) is 3.46. The molecule has 1 fully saturated rings. The largest absolute Gasteiger partial charge is 0.494 e. The van der Waals surface area contributed by atoms with Crippen LogP contribution in [0.2, 0.25) is 0 Å². The first-order chi connectivity index (χ1) is 13.7. The monoisotopic (exact) mass is 517 g/mol. The number of aliphatic imine (C=N–C) groups is 1. The van der Waals surface area contributed by atoms with E-state index in [2.05, 4.69) is 34.7 Å². The first-order valence-corrected chi connectivity index (χ1v) is 10.5. The van der Waals surface area contributed by atoms with Crippen LogP contribution < -0.4 is 15.4 Å². The lowest BCUT2D eigenvalue weighted by Crippen LogP contribution is -2.45. The molecule has 1 aliphatic rings. The minimum absolute atomic E-state index is 0. The zero-order valence-corrected chi connectivity index (χ0v) is 20.2. The SMILES string of the molecule is CCCOc1cccc(CCNC(=NC)NC2CCC(C(=O)OCC)CC2)c1.I. The molecule has 2 N–H and O–H groups in total. The summed E-state index contributed by atoms with van der Waals surface area (Å²) in [7, 11) is 1.79. The number of hydrogen-bond donors (Lipinski definition) is 2. The molecule has 0 amide bonds. The van der Waals surface area contributed by atoms with Crippen molar-refractivity contribution < 1.29 is 14.3 Å². The number of carbonyl (C=O) groups excluding carboxylic acids is 1. The van der Waals surface area contributed by atoms with Crippen molar-refractivity contribution >= 4 is 35.9 Å². The highest BCUT2D eigenvalue weighted by Gasteiger charge is 2.27. The molecule has 1 aromatic carbocycles. The lowest BCUT2D eigenvalue weighted by atomic mass is 9.86. The maximum absolute atomic E-state index is 11.9. The van der Waals surface area contributed by atoms with Crippen LogP contribution in [-0.4, -0.2) is 44.8 Å². The van der Waals surface area contributed by atoms with E-state index in [1.807, 2.05) is 19.1 Å². The van der Waals surface area contributed by atoms with Crippen molar-refractivity contribution in [1.29, 1.82) is 0 Å². The van der Waals surface area contributed by atoms with E-state index >= 15 is 0 Å². The van der Waals surface area contributed by atoms with Gasteiger partial charge in [-0.05, 0) is 63.1 Å². The van der Waals surface area contributed by atoms with Crippen molar-refractivity contribution in [1.82, 2.24) is 10.6 Å². The van der Waals surface area contributed by atoms with Crippen molar-refractivity contribution in [3.8, 4) is 5.75 Å². The van der Waals surface area contributed by atoms with Crippen LogP contribution >= 0.6 is 24.0 Å². The Kier molecular flexibility index (Phi) is 12.7. The second kappa shape index (κ2) is 14.5. The summed E-state index contributed by atoms with van der Waals surface area (Å²) in [6.45, 7) is 5.97. The Hall–Kier alpha value is -1.51. The normalized spacial score (nSPS) is 19.1. The van der Waals surface area contributed by atoms with Crippen LogP contribution in [0.5, 0.6) is 5.75 Å². The van der Waals surface area contributed by atoms with Gasteiger partial charge in [0.1, 0.15) is 5.75 Å². The van der Waals surface area contributed by atoms with Crippen LogP contribution in [0.3, 0.4) is 0 Å². The van der Waals surface area contributed by atoms with E-state index in [4.69, 9.17) is 9.47 Å². The molecule has 0 radical (unpaired) electrons. The number of nitrogens with one attached hydrogen (secondary N) is 2. The Morgan fingerprint density at radius 2 is 1.97 bits per heavy atom. The number of esters is 1. The van der Waals surface area contributed by atoms with Crippen LogP contribution in [0.15, 0.2) is 29.3 Å². The molecular weight excluding hydrogens is 481 g/mol. The Morgan fingerprint density at radius 3 is 2.62 bits per heavy atom. The molecule has 0 spiro atoms. The standard InChI is InChI=1S/C22H35N3O3.HI/c1-4-15-28-20-8-6-7-17(16-20)13-14-24-22(23-3)25-19-11-9-18(10-12-19)21(26)27-5-2;/h6-8,16,18-19H,4-5,9-15H2,1-3H3,(H2,23,24,25);1H. The summed E-state index contributed by atoms with van der Waals surface area (Å²) >= 11 is 0. The molecule has 2 rings (SSSR count). The third-order valence-corrected chi connectivity index (χ3v) is 4.99. The zero-order chi connectivity index (χ0) is 20.2. The summed E-state index contributed by atoms with van der Waals surface area (Å²) in [6.07, 6.45) is 5.58. The Morgan fingerprint density at radius 1 is 1.21 bits per heavy atom. The average Bonchev–Trinajstić information content (AvgIpc) is 2.72. The Labute approximate surface area is 192 Å². The minimum Gasteiger partial charge on any atom is -0.494 e. The molecule has 1 aliphatic carbocycles. The predicted octanol–water partition coefficient (Wildman–Crippen LogP) is 3.92. The molecule has 7 heteroatoms. The minimum atomic E-state index is -0.0476. The van der Waals surface area contributed by atoms with Gasteiger partial charge in [-0.1, -0.05) is 19.1 Å². The van der Waals surface area contributed by atoms with Gasteiger partial charge >= 0.3 is 5.97 Å². The Bertz CT molecular complexity index is 631. The first-order valence-electron chi connectivity index (χ1n) is 10.5. The third kappa shape index (κ3) is 9.23. The van der Waals surface area contributed by atoms with Crippen molar-refractivity contribution in [3.63, 3.8) is 0 Å². The van der Waals surface area contributed by atoms with Gasteiger partial charge in [0.15, 0.2) is 5.96 Å². The van der Waals surface area contributed by atoms with Crippen LogP contribution in [0, 0.1) is 5.92 Å². The van der Waals surface area contributed by atoms with E-state index in [0.717, 1.165) is 63.4 Å². The summed E-state index contributed by atoms with van der Waals surface area (Å²) in [5.41, 5.74) is 1.24. The zero-order valence-electron chi connectivity index (χ0n) is 17.9. The average molecular weight is 517 g/mol. The molecule has 0 unspecified atom stereocenters. The van der Waals surface area contributed by atoms with Crippen molar-refractivity contribution in [2.45, 2.75) is 58.4 Å². The maximum atomic E-state index is 11.9. The first kappa shape index (κ1) is 25.5. The molecule has 0 bridgehead atoms. The summed E-state index contributed by atoms with van der Waals surface area (Å²) in [5.74, 6) is 1.75. The topological polar surface area (TPSA) is 72.0 Å². The van der Waals surface area contributed by atoms with Gasteiger partial charge in [0, 0.05) is 19.6 Å². The lowest BCUT2D eigenvalue weighted by Gasteiger charge is -2.29. The van der Waals surface area contributed by atoms with E-state index < -0.39 is 0 Å². The van der Waals surface area contributed by atoms with Crippen molar-refractivity contribution in [2.75, 3.05) is 26.8 Å².